The van der Waals surface area contributed by atoms with Gasteiger partial charge in [0.2, 0.25) is 0 Å². The van der Waals surface area contributed by atoms with Gasteiger partial charge in [0.25, 0.3) is 0 Å². The molecule has 0 radical (unpaired) electrons. The number of rotatable bonds is 2. The molecular weight excluding hydrogens is 224 g/mol. The molecule has 3 aromatic rings. The predicted octanol–water partition coefficient (Wildman–Crippen LogP) is 5.57. The first-order chi connectivity index (χ1) is 8.29. The summed E-state index contributed by atoms with van der Waals surface area (Å²) in [6.07, 6.45) is 1.20. The van der Waals surface area contributed by atoms with Crippen LogP contribution < -0.4 is 0 Å². The van der Waals surface area contributed by atoms with E-state index in [2.05, 4.69) is 56.3 Å². The van der Waals surface area contributed by atoms with Crippen molar-refractivity contribution in [2.24, 2.45) is 0 Å². The van der Waals surface area contributed by atoms with Gasteiger partial charge in [-0.15, -0.1) is 11.3 Å². The van der Waals surface area contributed by atoms with Gasteiger partial charge in [-0.05, 0) is 30.0 Å². The first kappa shape index (κ1) is 10.8. The number of hydrogen-bond donors (Lipinski definition) is 0. The van der Waals surface area contributed by atoms with Crippen LogP contribution in [0.3, 0.4) is 0 Å². The van der Waals surface area contributed by atoms with Gasteiger partial charge in [0.1, 0.15) is 0 Å². The van der Waals surface area contributed by atoms with Gasteiger partial charge in [0.05, 0.1) is 0 Å². The molecule has 2 aromatic carbocycles. The average Bonchev–Trinajstić information content (AvgIpc) is 2.75. The van der Waals surface area contributed by atoms with Crippen molar-refractivity contribution < 1.29 is 0 Å². The molecule has 0 aliphatic carbocycles. The van der Waals surface area contributed by atoms with E-state index >= 15 is 0 Å². The van der Waals surface area contributed by atoms with Gasteiger partial charge in [0.15, 0.2) is 0 Å². The average molecular weight is 240 g/mol. The van der Waals surface area contributed by atoms with Crippen molar-refractivity contribution in [2.75, 3.05) is 0 Å². The highest BCUT2D eigenvalue weighted by atomic mass is 32.1. The standard InChI is InChI=1S/C16H16S/c1-3-11(2)12-8-9-14-13-6-4-5-7-15(13)17-16(14)10-12/h4-11H,3H2,1-2H3. The maximum Gasteiger partial charge on any atom is 0.0358 e. The Morgan fingerprint density at radius 1 is 1.00 bits per heavy atom. The summed E-state index contributed by atoms with van der Waals surface area (Å²) in [4.78, 5) is 0. The van der Waals surface area contributed by atoms with Crippen molar-refractivity contribution in [1.82, 2.24) is 0 Å². The number of hydrogen-bond acceptors (Lipinski definition) is 1. The van der Waals surface area contributed by atoms with Gasteiger partial charge in [-0.3, -0.25) is 0 Å². The molecule has 1 unspecified atom stereocenters. The van der Waals surface area contributed by atoms with E-state index in [-0.39, 0.29) is 0 Å². The first-order valence-electron chi connectivity index (χ1n) is 6.21. The lowest BCUT2D eigenvalue weighted by molar-refractivity contribution is 0.735. The summed E-state index contributed by atoms with van der Waals surface area (Å²) in [6, 6.07) is 15.6. The Hall–Kier alpha value is -1.34. The van der Waals surface area contributed by atoms with Crippen molar-refractivity contribution in [3.8, 4) is 0 Å². The smallest absolute Gasteiger partial charge is 0.0358 e. The highest BCUT2D eigenvalue weighted by molar-refractivity contribution is 7.25. The highest BCUT2D eigenvalue weighted by Crippen LogP contribution is 2.35. The fourth-order valence-electron chi connectivity index (χ4n) is 2.28. The molecule has 86 valence electrons. The van der Waals surface area contributed by atoms with E-state index in [4.69, 9.17) is 0 Å². The van der Waals surface area contributed by atoms with Crippen LogP contribution in [-0.4, -0.2) is 0 Å². The lowest BCUT2D eigenvalue weighted by Gasteiger charge is -2.08. The van der Waals surface area contributed by atoms with Crippen LogP contribution in [-0.2, 0) is 0 Å². The van der Waals surface area contributed by atoms with Crippen LogP contribution in [0.2, 0.25) is 0 Å². The van der Waals surface area contributed by atoms with E-state index in [1.165, 1.54) is 32.2 Å². The van der Waals surface area contributed by atoms with E-state index in [0.29, 0.717) is 5.92 Å². The highest BCUT2D eigenvalue weighted by Gasteiger charge is 2.07. The molecule has 0 spiro atoms. The molecule has 1 atom stereocenters. The summed E-state index contributed by atoms with van der Waals surface area (Å²) in [5.74, 6) is 0.657. The van der Waals surface area contributed by atoms with Gasteiger partial charge in [-0.25, -0.2) is 0 Å². The number of fused-ring (bicyclic) bond motifs is 3. The normalized spacial score (nSPS) is 13.3. The van der Waals surface area contributed by atoms with Crippen LogP contribution in [0.25, 0.3) is 20.2 Å². The molecule has 0 nitrogen and oxygen atoms in total. The third-order valence-electron chi connectivity index (χ3n) is 3.58. The fourth-order valence-corrected chi connectivity index (χ4v) is 3.44. The molecule has 1 heteroatoms. The zero-order chi connectivity index (χ0) is 11.8. The summed E-state index contributed by atoms with van der Waals surface area (Å²) in [7, 11) is 0. The molecule has 1 aromatic heterocycles. The third kappa shape index (κ3) is 1.75. The zero-order valence-electron chi connectivity index (χ0n) is 10.2. The minimum Gasteiger partial charge on any atom is -0.135 e. The second-order valence-corrected chi connectivity index (χ2v) is 5.75. The van der Waals surface area contributed by atoms with Gasteiger partial charge in [-0.1, -0.05) is 44.2 Å². The van der Waals surface area contributed by atoms with Gasteiger partial charge >= 0.3 is 0 Å². The van der Waals surface area contributed by atoms with E-state index in [1.807, 2.05) is 11.3 Å². The Balaban J connectivity index is 2.26. The number of benzene rings is 2. The van der Waals surface area contributed by atoms with Crippen LogP contribution in [0.4, 0.5) is 0 Å². The van der Waals surface area contributed by atoms with Crippen LogP contribution in [0, 0.1) is 0 Å². The molecule has 0 aliphatic heterocycles. The maximum absolute atomic E-state index is 2.37. The molecule has 0 amide bonds. The summed E-state index contributed by atoms with van der Waals surface area (Å²) in [5, 5.41) is 2.79. The Morgan fingerprint density at radius 3 is 2.59 bits per heavy atom. The fraction of sp³-hybridized carbons (Fsp3) is 0.250. The molecule has 0 saturated carbocycles. The molecule has 0 bridgehead atoms. The summed E-state index contributed by atoms with van der Waals surface area (Å²) in [5.41, 5.74) is 1.46. The van der Waals surface area contributed by atoms with E-state index in [0.717, 1.165) is 0 Å². The Kier molecular flexibility index (Phi) is 2.64. The second kappa shape index (κ2) is 4.15. The maximum atomic E-state index is 2.37. The zero-order valence-corrected chi connectivity index (χ0v) is 11.1. The third-order valence-corrected chi connectivity index (χ3v) is 4.72. The molecule has 0 fully saturated rings. The van der Waals surface area contributed by atoms with E-state index < -0.39 is 0 Å². The monoisotopic (exact) mass is 240 g/mol. The van der Waals surface area contributed by atoms with Crippen molar-refractivity contribution in [3.05, 3.63) is 48.0 Å². The van der Waals surface area contributed by atoms with Crippen molar-refractivity contribution in [3.63, 3.8) is 0 Å². The number of thiophene rings is 1. The van der Waals surface area contributed by atoms with Crippen molar-refractivity contribution >= 4 is 31.5 Å². The second-order valence-electron chi connectivity index (χ2n) is 4.66. The molecule has 1 heterocycles. The lowest BCUT2D eigenvalue weighted by Crippen LogP contribution is -1.89. The quantitative estimate of drug-likeness (QED) is 0.549. The molecule has 3 rings (SSSR count). The van der Waals surface area contributed by atoms with Crippen LogP contribution >= 0.6 is 11.3 Å². The van der Waals surface area contributed by atoms with Crippen molar-refractivity contribution in [1.29, 1.82) is 0 Å². The Morgan fingerprint density at radius 2 is 1.76 bits per heavy atom. The SMILES string of the molecule is CCC(C)c1ccc2c(c1)sc1ccccc12. The largest absolute Gasteiger partial charge is 0.135 e. The molecule has 0 N–H and O–H groups in total. The van der Waals surface area contributed by atoms with Crippen LogP contribution in [0.5, 0.6) is 0 Å². The van der Waals surface area contributed by atoms with E-state index in [1.54, 1.807) is 0 Å². The summed E-state index contributed by atoms with van der Waals surface area (Å²) in [6.45, 7) is 4.55. The topological polar surface area (TPSA) is 0 Å². The van der Waals surface area contributed by atoms with Gasteiger partial charge < -0.3 is 0 Å². The predicted molar refractivity (Wildman–Crippen MR) is 78.0 cm³/mol. The summed E-state index contributed by atoms with van der Waals surface area (Å²) < 4.78 is 2.81. The van der Waals surface area contributed by atoms with Crippen LogP contribution in [0.15, 0.2) is 42.5 Å². The Bertz CT molecular complexity index is 663. The Labute approximate surface area is 106 Å². The molecular formula is C16H16S. The van der Waals surface area contributed by atoms with Gasteiger partial charge in [-0.2, -0.15) is 0 Å². The molecule has 0 saturated heterocycles. The van der Waals surface area contributed by atoms with Gasteiger partial charge in [0, 0.05) is 20.2 Å². The minimum atomic E-state index is 0.657. The molecule has 0 aliphatic rings. The van der Waals surface area contributed by atoms with Crippen molar-refractivity contribution in [2.45, 2.75) is 26.2 Å². The molecule has 17 heavy (non-hydrogen) atoms. The lowest BCUT2D eigenvalue weighted by atomic mass is 9.98. The first-order valence-corrected chi connectivity index (χ1v) is 7.02. The van der Waals surface area contributed by atoms with E-state index in [9.17, 15) is 0 Å². The van der Waals surface area contributed by atoms with Crippen LogP contribution in [0.1, 0.15) is 31.7 Å². The minimum absolute atomic E-state index is 0.657. The summed E-state index contributed by atoms with van der Waals surface area (Å²) >= 11 is 1.90.